The molecular formula is C15H17ClN4OS. The van der Waals surface area contributed by atoms with E-state index in [4.69, 9.17) is 11.6 Å². The second-order valence-corrected chi connectivity index (χ2v) is 7.21. The van der Waals surface area contributed by atoms with Crippen molar-refractivity contribution in [2.24, 2.45) is 0 Å². The number of nitrogens with zero attached hydrogens (tertiary/aromatic N) is 4. The van der Waals surface area contributed by atoms with E-state index in [9.17, 15) is 4.79 Å². The molecule has 0 fully saturated rings. The summed E-state index contributed by atoms with van der Waals surface area (Å²) in [6, 6.07) is 3.83. The summed E-state index contributed by atoms with van der Waals surface area (Å²) in [5.41, 5.74) is 2.22. The Labute approximate surface area is 138 Å². The molecule has 1 amide bonds. The monoisotopic (exact) mass is 336 g/mol. The van der Waals surface area contributed by atoms with Crippen molar-refractivity contribution in [3.63, 3.8) is 0 Å². The van der Waals surface area contributed by atoms with Crippen molar-refractivity contribution >= 4 is 28.8 Å². The Kier molecular flexibility index (Phi) is 4.71. The maximum Gasteiger partial charge on any atom is 0.236 e. The summed E-state index contributed by atoms with van der Waals surface area (Å²) in [6.45, 7) is 2.59. The Morgan fingerprint density at radius 2 is 2.36 bits per heavy atom. The maximum atomic E-state index is 12.4. The van der Waals surface area contributed by atoms with Gasteiger partial charge in [0.2, 0.25) is 5.91 Å². The summed E-state index contributed by atoms with van der Waals surface area (Å²) < 4.78 is 0.753. The van der Waals surface area contributed by atoms with Crippen LogP contribution in [0.2, 0.25) is 4.34 Å². The summed E-state index contributed by atoms with van der Waals surface area (Å²) in [7, 11) is 1.83. The number of hydrogen-bond acceptors (Lipinski definition) is 5. The Morgan fingerprint density at radius 1 is 1.50 bits per heavy atom. The van der Waals surface area contributed by atoms with Crippen LogP contribution in [-0.4, -0.2) is 45.8 Å². The van der Waals surface area contributed by atoms with E-state index < -0.39 is 0 Å². The largest absolute Gasteiger partial charge is 0.340 e. The van der Waals surface area contributed by atoms with Crippen LogP contribution in [0.5, 0.6) is 0 Å². The first kappa shape index (κ1) is 15.4. The van der Waals surface area contributed by atoms with E-state index in [2.05, 4.69) is 14.9 Å². The predicted octanol–water partition coefficient (Wildman–Crippen LogP) is 2.21. The molecule has 2 aromatic heterocycles. The van der Waals surface area contributed by atoms with Crippen molar-refractivity contribution < 1.29 is 4.79 Å². The van der Waals surface area contributed by atoms with E-state index >= 15 is 0 Å². The van der Waals surface area contributed by atoms with E-state index in [-0.39, 0.29) is 5.91 Å². The number of amides is 1. The lowest BCUT2D eigenvalue weighted by atomic mass is 10.1. The Hall–Kier alpha value is -1.50. The van der Waals surface area contributed by atoms with Crippen LogP contribution >= 0.6 is 22.9 Å². The highest BCUT2D eigenvalue weighted by Crippen LogP contribution is 2.22. The van der Waals surface area contributed by atoms with Gasteiger partial charge < -0.3 is 4.90 Å². The van der Waals surface area contributed by atoms with E-state index in [1.807, 2.05) is 25.4 Å². The quantitative estimate of drug-likeness (QED) is 0.859. The SMILES string of the molecule is CN(Cc1ccc(Cl)s1)C(=O)CN1CCc2cncnc2C1. The summed E-state index contributed by atoms with van der Waals surface area (Å²) in [5, 5.41) is 0. The molecule has 7 heteroatoms. The molecule has 0 spiro atoms. The zero-order valence-corrected chi connectivity index (χ0v) is 13.9. The highest BCUT2D eigenvalue weighted by Gasteiger charge is 2.21. The number of fused-ring (bicyclic) bond motifs is 1. The van der Waals surface area contributed by atoms with Crippen molar-refractivity contribution in [3.05, 3.63) is 45.1 Å². The molecule has 116 valence electrons. The van der Waals surface area contributed by atoms with Crippen LogP contribution in [0.15, 0.2) is 24.7 Å². The molecule has 3 heterocycles. The van der Waals surface area contributed by atoms with Gasteiger partial charge in [0.25, 0.3) is 0 Å². The summed E-state index contributed by atoms with van der Waals surface area (Å²) in [5.74, 6) is 0.113. The van der Waals surface area contributed by atoms with Crippen LogP contribution < -0.4 is 0 Å². The van der Waals surface area contributed by atoms with Gasteiger partial charge in [0, 0.05) is 31.2 Å². The fraction of sp³-hybridized carbons (Fsp3) is 0.400. The van der Waals surface area contributed by atoms with Crippen molar-refractivity contribution in [3.8, 4) is 0 Å². The number of aromatic nitrogens is 2. The molecule has 2 aromatic rings. The third-order valence-corrected chi connectivity index (χ3v) is 4.97. The summed E-state index contributed by atoms with van der Waals surface area (Å²) in [4.78, 5) is 25.7. The average molecular weight is 337 g/mol. The van der Waals surface area contributed by atoms with E-state index in [0.29, 0.717) is 19.6 Å². The molecule has 0 atom stereocenters. The molecule has 0 bridgehead atoms. The lowest BCUT2D eigenvalue weighted by Gasteiger charge is -2.28. The Morgan fingerprint density at radius 3 is 3.14 bits per heavy atom. The normalized spacial score (nSPS) is 14.6. The Balaban J connectivity index is 1.56. The van der Waals surface area contributed by atoms with Crippen molar-refractivity contribution in [2.75, 3.05) is 20.1 Å². The first-order valence-corrected chi connectivity index (χ1v) is 8.29. The predicted molar refractivity (Wildman–Crippen MR) is 86.8 cm³/mol. The van der Waals surface area contributed by atoms with Gasteiger partial charge in [0.15, 0.2) is 0 Å². The molecule has 5 nitrogen and oxygen atoms in total. The maximum absolute atomic E-state index is 12.4. The van der Waals surface area contributed by atoms with Gasteiger partial charge in [-0.1, -0.05) is 11.6 Å². The third kappa shape index (κ3) is 3.63. The number of thiophene rings is 1. The lowest BCUT2D eigenvalue weighted by molar-refractivity contribution is -0.131. The molecule has 0 N–H and O–H groups in total. The first-order chi connectivity index (χ1) is 10.6. The molecule has 22 heavy (non-hydrogen) atoms. The van der Waals surface area contributed by atoms with Gasteiger partial charge in [-0.25, -0.2) is 9.97 Å². The van der Waals surface area contributed by atoms with Crippen LogP contribution in [-0.2, 0) is 24.3 Å². The number of carbonyl (C=O) groups excluding carboxylic acids is 1. The van der Waals surface area contributed by atoms with Crippen molar-refractivity contribution in [2.45, 2.75) is 19.5 Å². The second kappa shape index (κ2) is 6.73. The van der Waals surface area contributed by atoms with Gasteiger partial charge in [-0.3, -0.25) is 9.69 Å². The smallest absolute Gasteiger partial charge is 0.236 e. The number of rotatable bonds is 4. The molecule has 0 aromatic carbocycles. The highest BCUT2D eigenvalue weighted by atomic mass is 35.5. The fourth-order valence-corrected chi connectivity index (χ4v) is 3.65. The van der Waals surface area contributed by atoms with Gasteiger partial charge in [-0.05, 0) is 24.1 Å². The zero-order valence-electron chi connectivity index (χ0n) is 12.3. The number of halogens is 1. The molecule has 0 unspecified atom stereocenters. The van der Waals surface area contributed by atoms with Gasteiger partial charge in [0.1, 0.15) is 6.33 Å². The molecule has 0 radical (unpaired) electrons. The van der Waals surface area contributed by atoms with Crippen molar-refractivity contribution in [1.29, 1.82) is 0 Å². The Bertz CT molecular complexity index is 675. The van der Waals surface area contributed by atoms with Crippen LogP contribution in [0.4, 0.5) is 0 Å². The highest BCUT2D eigenvalue weighted by molar-refractivity contribution is 7.16. The summed E-state index contributed by atoms with van der Waals surface area (Å²) >= 11 is 7.43. The van der Waals surface area contributed by atoms with Crippen LogP contribution in [0.3, 0.4) is 0 Å². The van der Waals surface area contributed by atoms with Gasteiger partial charge in [0.05, 0.1) is 23.1 Å². The zero-order chi connectivity index (χ0) is 15.5. The minimum atomic E-state index is 0.113. The number of likely N-dealkylation sites (N-methyl/N-ethyl adjacent to an activating group) is 1. The fourth-order valence-electron chi connectivity index (χ4n) is 2.51. The minimum Gasteiger partial charge on any atom is -0.340 e. The molecular weight excluding hydrogens is 320 g/mol. The van der Waals surface area contributed by atoms with E-state index in [1.165, 1.54) is 16.9 Å². The minimum absolute atomic E-state index is 0.113. The topological polar surface area (TPSA) is 49.3 Å². The van der Waals surface area contributed by atoms with Crippen LogP contribution in [0.25, 0.3) is 0 Å². The van der Waals surface area contributed by atoms with Crippen LogP contribution in [0.1, 0.15) is 16.1 Å². The lowest BCUT2D eigenvalue weighted by Crippen LogP contribution is -2.40. The molecule has 0 saturated carbocycles. The molecule has 0 aliphatic carbocycles. The van der Waals surface area contributed by atoms with Gasteiger partial charge in [-0.2, -0.15) is 0 Å². The van der Waals surface area contributed by atoms with Gasteiger partial charge in [-0.15, -0.1) is 11.3 Å². The first-order valence-electron chi connectivity index (χ1n) is 7.10. The van der Waals surface area contributed by atoms with Crippen LogP contribution in [0, 0.1) is 0 Å². The average Bonchev–Trinajstić information content (AvgIpc) is 2.92. The standard InChI is InChI=1S/C15H17ClN4OS/c1-19(7-12-2-3-14(16)22-12)15(21)9-20-5-4-11-6-17-10-18-13(11)8-20/h2-3,6,10H,4-5,7-9H2,1H3. The molecule has 1 aliphatic rings. The molecule has 1 aliphatic heterocycles. The number of hydrogen-bond donors (Lipinski definition) is 0. The third-order valence-electron chi connectivity index (χ3n) is 3.76. The molecule has 0 saturated heterocycles. The van der Waals surface area contributed by atoms with Crippen molar-refractivity contribution in [1.82, 2.24) is 19.8 Å². The number of carbonyl (C=O) groups is 1. The van der Waals surface area contributed by atoms with E-state index in [0.717, 1.165) is 27.9 Å². The van der Waals surface area contributed by atoms with E-state index in [1.54, 1.807) is 11.2 Å². The summed E-state index contributed by atoms with van der Waals surface area (Å²) in [6.07, 6.45) is 4.33. The van der Waals surface area contributed by atoms with Gasteiger partial charge >= 0.3 is 0 Å². The second-order valence-electron chi connectivity index (χ2n) is 5.41. The molecule has 3 rings (SSSR count).